The fourth-order valence-electron chi connectivity index (χ4n) is 2.91. The van der Waals surface area contributed by atoms with Gasteiger partial charge >= 0.3 is 0 Å². The van der Waals surface area contributed by atoms with E-state index >= 15 is 0 Å². The fraction of sp³-hybridized carbons (Fsp3) is 0.150. The van der Waals surface area contributed by atoms with Crippen LogP contribution in [-0.2, 0) is 20.4 Å². The molecule has 0 unspecified atom stereocenters. The largest absolute Gasteiger partial charge is 0.311 e. The third-order valence-corrected chi connectivity index (χ3v) is 6.80. The highest BCUT2D eigenvalue weighted by Gasteiger charge is 2.23. The summed E-state index contributed by atoms with van der Waals surface area (Å²) in [6.07, 6.45) is 3.04. The van der Waals surface area contributed by atoms with Crippen LogP contribution in [0.1, 0.15) is 18.1 Å². The Morgan fingerprint density at radius 2 is 1.90 bits per heavy atom. The van der Waals surface area contributed by atoms with E-state index in [4.69, 9.17) is 23.2 Å². The van der Waals surface area contributed by atoms with Crippen molar-refractivity contribution in [2.24, 2.45) is 0 Å². The molecule has 1 amide bonds. The standard InChI is InChI=1S/C20H16Cl2FN3O3S/c1-11-15(13-5-6-24-19(7-13)26-12(2)27)9-25-20(22)16(11)10-30(28,29)18-4-3-14(23)8-17(18)21/h3-9H,10H2,1-2H3,(H,24,26,27). The maximum Gasteiger partial charge on any atom is 0.222 e. The Balaban J connectivity index is 2.04. The van der Waals surface area contributed by atoms with Crippen LogP contribution in [0.4, 0.5) is 10.2 Å². The van der Waals surface area contributed by atoms with E-state index in [0.29, 0.717) is 28.1 Å². The van der Waals surface area contributed by atoms with E-state index in [1.54, 1.807) is 19.1 Å². The second-order valence-electron chi connectivity index (χ2n) is 6.51. The zero-order chi connectivity index (χ0) is 22.1. The quantitative estimate of drug-likeness (QED) is 0.428. The Kier molecular flexibility index (Phi) is 6.40. The predicted molar refractivity (Wildman–Crippen MR) is 114 cm³/mol. The molecule has 0 aliphatic rings. The Morgan fingerprint density at radius 3 is 2.57 bits per heavy atom. The molecule has 3 aromatic rings. The molecule has 0 atom stereocenters. The van der Waals surface area contributed by atoms with Crippen molar-refractivity contribution in [1.29, 1.82) is 0 Å². The number of carbonyl (C=O) groups excluding carboxylic acids is 1. The summed E-state index contributed by atoms with van der Waals surface area (Å²) >= 11 is 12.1. The van der Waals surface area contributed by atoms with Crippen LogP contribution >= 0.6 is 23.2 Å². The lowest BCUT2D eigenvalue weighted by Gasteiger charge is -2.14. The van der Waals surface area contributed by atoms with Gasteiger partial charge in [-0.25, -0.2) is 22.8 Å². The van der Waals surface area contributed by atoms with Gasteiger partial charge in [-0.2, -0.15) is 0 Å². The molecule has 30 heavy (non-hydrogen) atoms. The zero-order valence-electron chi connectivity index (χ0n) is 15.9. The van der Waals surface area contributed by atoms with Gasteiger partial charge in [-0.15, -0.1) is 0 Å². The van der Waals surface area contributed by atoms with Crippen LogP contribution in [0, 0.1) is 12.7 Å². The highest BCUT2D eigenvalue weighted by atomic mass is 35.5. The van der Waals surface area contributed by atoms with Crippen LogP contribution in [0.2, 0.25) is 10.2 Å². The lowest BCUT2D eigenvalue weighted by Crippen LogP contribution is -2.09. The van der Waals surface area contributed by atoms with E-state index in [1.807, 2.05) is 0 Å². The molecule has 0 aliphatic carbocycles. The number of halogens is 3. The highest BCUT2D eigenvalue weighted by Crippen LogP contribution is 2.33. The van der Waals surface area contributed by atoms with E-state index in [0.717, 1.165) is 18.2 Å². The molecule has 2 aromatic heterocycles. The monoisotopic (exact) mass is 467 g/mol. The first-order valence-corrected chi connectivity index (χ1v) is 11.0. The summed E-state index contributed by atoms with van der Waals surface area (Å²) < 4.78 is 39.1. The molecule has 2 heterocycles. The maximum atomic E-state index is 13.3. The minimum absolute atomic E-state index is 0.0363. The summed E-state index contributed by atoms with van der Waals surface area (Å²) in [5.41, 5.74) is 2.20. The number of anilines is 1. The number of sulfone groups is 1. The third kappa shape index (κ3) is 4.77. The topological polar surface area (TPSA) is 89.0 Å². The van der Waals surface area contributed by atoms with Crippen LogP contribution in [0.25, 0.3) is 11.1 Å². The molecule has 0 fully saturated rings. The van der Waals surface area contributed by atoms with Crippen molar-refractivity contribution in [3.8, 4) is 11.1 Å². The van der Waals surface area contributed by atoms with Gasteiger partial charge in [0.2, 0.25) is 5.91 Å². The minimum Gasteiger partial charge on any atom is -0.311 e. The van der Waals surface area contributed by atoms with Gasteiger partial charge in [0.15, 0.2) is 9.84 Å². The second-order valence-corrected chi connectivity index (χ2v) is 9.23. The molecule has 1 aromatic carbocycles. The summed E-state index contributed by atoms with van der Waals surface area (Å²) in [5.74, 6) is -1.02. The average molecular weight is 468 g/mol. The number of rotatable bonds is 5. The molecule has 0 saturated heterocycles. The van der Waals surface area contributed by atoms with E-state index in [-0.39, 0.29) is 21.0 Å². The first-order valence-electron chi connectivity index (χ1n) is 8.64. The molecule has 0 bridgehead atoms. The van der Waals surface area contributed by atoms with Gasteiger partial charge in [0.1, 0.15) is 16.8 Å². The van der Waals surface area contributed by atoms with Crippen LogP contribution in [0.5, 0.6) is 0 Å². The Bertz CT molecular complexity index is 1250. The number of benzene rings is 1. The maximum absolute atomic E-state index is 13.3. The number of carbonyl (C=O) groups is 1. The van der Waals surface area contributed by atoms with E-state index in [1.165, 1.54) is 19.3 Å². The zero-order valence-corrected chi connectivity index (χ0v) is 18.2. The molecule has 0 radical (unpaired) electrons. The van der Waals surface area contributed by atoms with Gasteiger partial charge in [-0.3, -0.25) is 4.79 Å². The molecule has 0 spiro atoms. The van der Waals surface area contributed by atoms with Crippen LogP contribution in [0.15, 0.2) is 47.6 Å². The van der Waals surface area contributed by atoms with Gasteiger partial charge in [0, 0.05) is 30.4 Å². The predicted octanol–water partition coefficient (Wildman–Crippen LogP) is 4.83. The number of hydrogen-bond donors (Lipinski definition) is 1. The molecule has 6 nitrogen and oxygen atoms in total. The Morgan fingerprint density at radius 1 is 1.17 bits per heavy atom. The van der Waals surface area contributed by atoms with Crippen molar-refractivity contribution in [2.45, 2.75) is 24.5 Å². The first-order chi connectivity index (χ1) is 14.1. The van der Waals surface area contributed by atoms with Gasteiger partial charge in [-0.05, 0) is 48.4 Å². The summed E-state index contributed by atoms with van der Waals surface area (Å²) in [7, 11) is -3.92. The minimum atomic E-state index is -3.92. The number of hydrogen-bond acceptors (Lipinski definition) is 5. The number of nitrogens with one attached hydrogen (secondary N) is 1. The van der Waals surface area contributed by atoms with Gasteiger partial charge in [-0.1, -0.05) is 23.2 Å². The summed E-state index contributed by atoms with van der Waals surface area (Å²) in [6, 6.07) is 6.45. The highest BCUT2D eigenvalue weighted by molar-refractivity contribution is 7.90. The smallest absolute Gasteiger partial charge is 0.222 e. The Hall–Kier alpha value is -2.55. The molecular weight excluding hydrogens is 452 g/mol. The molecular formula is C20H16Cl2FN3O3S. The summed E-state index contributed by atoms with van der Waals surface area (Å²) in [5, 5.41) is 2.42. The van der Waals surface area contributed by atoms with Crippen molar-refractivity contribution in [3.05, 3.63) is 69.8 Å². The first kappa shape index (κ1) is 22.1. The summed E-state index contributed by atoms with van der Waals surface area (Å²) in [6.45, 7) is 3.09. The van der Waals surface area contributed by atoms with Gasteiger partial charge < -0.3 is 5.32 Å². The number of aromatic nitrogens is 2. The van der Waals surface area contributed by atoms with Crippen molar-refractivity contribution >= 4 is 44.8 Å². The summed E-state index contributed by atoms with van der Waals surface area (Å²) in [4.78, 5) is 19.3. The fourth-order valence-corrected chi connectivity index (χ4v) is 5.29. The molecule has 10 heteroatoms. The SMILES string of the molecule is CC(=O)Nc1cc(-c2cnc(Cl)c(CS(=O)(=O)c3ccc(F)cc3Cl)c2C)ccn1. The van der Waals surface area contributed by atoms with Crippen LogP contribution < -0.4 is 5.32 Å². The van der Waals surface area contributed by atoms with Crippen molar-refractivity contribution in [1.82, 2.24) is 9.97 Å². The molecule has 156 valence electrons. The van der Waals surface area contributed by atoms with Crippen LogP contribution in [-0.4, -0.2) is 24.3 Å². The second kappa shape index (κ2) is 8.67. The molecule has 1 N–H and O–H groups in total. The number of amides is 1. The van der Waals surface area contributed by atoms with E-state index in [2.05, 4.69) is 15.3 Å². The van der Waals surface area contributed by atoms with E-state index in [9.17, 15) is 17.6 Å². The van der Waals surface area contributed by atoms with Crippen molar-refractivity contribution in [2.75, 3.05) is 5.32 Å². The normalized spacial score (nSPS) is 11.4. The van der Waals surface area contributed by atoms with Crippen LogP contribution in [0.3, 0.4) is 0 Å². The molecule has 3 rings (SSSR count). The number of pyridine rings is 2. The van der Waals surface area contributed by atoms with E-state index < -0.39 is 21.4 Å². The lowest BCUT2D eigenvalue weighted by atomic mass is 10.0. The molecule has 0 aliphatic heterocycles. The van der Waals surface area contributed by atoms with Crippen molar-refractivity contribution < 1.29 is 17.6 Å². The molecule has 0 saturated carbocycles. The van der Waals surface area contributed by atoms with Gasteiger partial charge in [0.25, 0.3) is 0 Å². The lowest BCUT2D eigenvalue weighted by molar-refractivity contribution is -0.114. The third-order valence-electron chi connectivity index (χ3n) is 4.35. The van der Waals surface area contributed by atoms with Gasteiger partial charge in [0.05, 0.1) is 15.7 Å². The number of nitrogens with zero attached hydrogens (tertiary/aromatic N) is 2. The average Bonchev–Trinajstić information content (AvgIpc) is 2.64. The van der Waals surface area contributed by atoms with Crippen molar-refractivity contribution in [3.63, 3.8) is 0 Å². The Labute approximate surface area is 183 Å².